The van der Waals surface area contributed by atoms with Crippen LogP contribution in [0.4, 0.5) is 0 Å². The van der Waals surface area contributed by atoms with E-state index in [1.54, 1.807) is 30.3 Å². The summed E-state index contributed by atoms with van der Waals surface area (Å²) in [6.07, 6.45) is 2.96. The minimum Gasteiger partial charge on any atom is -0.454 e. The summed E-state index contributed by atoms with van der Waals surface area (Å²) in [5, 5.41) is 0.551. The average molecular weight is 315 g/mol. The number of aryl methyl sites for hydroxylation is 1. The Morgan fingerprint density at radius 3 is 2.55 bits per heavy atom. The molecule has 0 N–H and O–H groups in total. The number of carbonyl (C=O) groups excluding carboxylic acids is 2. The van der Waals surface area contributed by atoms with Crippen LogP contribution in [0.1, 0.15) is 21.5 Å². The van der Waals surface area contributed by atoms with E-state index in [4.69, 9.17) is 16.3 Å². The predicted octanol–water partition coefficient (Wildman–Crippen LogP) is 4.09. The third-order valence-electron chi connectivity index (χ3n) is 2.97. The Bertz CT molecular complexity index is 703. The van der Waals surface area contributed by atoms with Gasteiger partial charge < -0.3 is 4.74 Å². The van der Waals surface area contributed by atoms with Gasteiger partial charge in [0.1, 0.15) is 0 Å². The van der Waals surface area contributed by atoms with Crippen LogP contribution >= 0.6 is 11.6 Å². The molecular weight excluding hydrogens is 300 g/mol. The lowest BCUT2D eigenvalue weighted by molar-refractivity contribution is -0.136. The number of esters is 1. The first-order valence-corrected chi connectivity index (χ1v) is 7.12. The van der Waals surface area contributed by atoms with Crippen molar-refractivity contribution in [2.75, 3.05) is 6.61 Å². The smallest absolute Gasteiger partial charge is 0.331 e. The second kappa shape index (κ2) is 7.57. The van der Waals surface area contributed by atoms with E-state index in [9.17, 15) is 9.59 Å². The van der Waals surface area contributed by atoms with Crippen molar-refractivity contribution >= 4 is 29.4 Å². The molecule has 0 aliphatic heterocycles. The van der Waals surface area contributed by atoms with Gasteiger partial charge in [0.2, 0.25) is 0 Å². The fourth-order valence-electron chi connectivity index (χ4n) is 1.84. The number of rotatable bonds is 5. The van der Waals surface area contributed by atoms with Gasteiger partial charge in [0, 0.05) is 16.7 Å². The van der Waals surface area contributed by atoms with E-state index in [-0.39, 0.29) is 12.4 Å². The summed E-state index contributed by atoms with van der Waals surface area (Å²) in [4.78, 5) is 23.4. The Morgan fingerprint density at radius 2 is 1.86 bits per heavy atom. The summed E-state index contributed by atoms with van der Waals surface area (Å²) in [7, 11) is 0. The van der Waals surface area contributed by atoms with Crippen molar-refractivity contribution in [3.8, 4) is 0 Å². The number of carbonyl (C=O) groups is 2. The highest BCUT2D eigenvalue weighted by Crippen LogP contribution is 2.10. The summed E-state index contributed by atoms with van der Waals surface area (Å²) >= 11 is 5.75. The molecule has 0 unspecified atom stereocenters. The second-order valence-corrected chi connectivity index (χ2v) is 5.22. The standard InChI is InChI=1S/C18H15ClO3/c1-13-3-2-4-14(11-13)5-10-18(21)22-12-17(20)15-6-8-16(19)9-7-15/h2-11H,12H2,1H3/b10-5+. The molecule has 2 aromatic rings. The minimum atomic E-state index is -0.552. The highest BCUT2D eigenvalue weighted by atomic mass is 35.5. The van der Waals surface area contributed by atoms with Gasteiger partial charge in [0.15, 0.2) is 12.4 Å². The predicted molar refractivity (Wildman–Crippen MR) is 87.0 cm³/mol. The maximum Gasteiger partial charge on any atom is 0.331 e. The van der Waals surface area contributed by atoms with E-state index in [1.807, 2.05) is 31.2 Å². The van der Waals surface area contributed by atoms with Crippen LogP contribution in [0.15, 0.2) is 54.6 Å². The number of hydrogen-bond acceptors (Lipinski definition) is 3. The van der Waals surface area contributed by atoms with Crippen LogP contribution in [-0.2, 0) is 9.53 Å². The van der Waals surface area contributed by atoms with Crippen molar-refractivity contribution in [2.24, 2.45) is 0 Å². The molecule has 0 saturated heterocycles. The molecule has 3 nitrogen and oxygen atoms in total. The molecule has 4 heteroatoms. The number of hydrogen-bond donors (Lipinski definition) is 0. The van der Waals surface area contributed by atoms with Gasteiger partial charge >= 0.3 is 5.97 Å². The third kappa shape index (κ3) is 4.86. The molecule has 0 amide bonds. The molecule has 0 heterocycles. The average Bonchev–Trinajstić information content (AvgIpc) is 2.51. The number of ketones is 1. The van der Waals surface area contributed by atoms with Crippen molar-refractivity contribution < 1.29 is 14.3 Å². The largest absolute Gasteiger partial charge is 0.454 e. The van der Waals surface area contributed by atoms with Gasteiger partial charge in [-0.1, -0.05) is 41.4 Å². The van der Waals surface area contributed by atoms with Crippen molar-refractivity contribution in [2.45, 2.75) is 6.92 Å². The first-order chi connectivity index (χ1) is 10.5. The summed E-state index contributed by atoms with van der Waals surface area (Å²) < 4.78 is 4.93. The molecule has 0 spiro atoms. The fraction of sp³-hybridized carbons (Fsp3) is 0.111. The second-order valence-electron chi connectivity index (χ2n) is 4.79. The molecule has 2 aromatic carbocycles. The Balaban J connectivity index is 1.87. The fourth-order valence-corrected chi connectivity index (χ4v) is 1.97. The number of halogens is 1. The van der Waals surface area contributed by atoms with Crippen LogP contribution in [-0.4, -0.2) is 18.4 Å². The normalized spacial score (nSPS) is 10.6. The highest BCUT2D eigenvalue weighted by Gasteiger charge is 2.08. The van der Waals surface area contributed by atoms with Gasteiger partial charge in [0.25, 0.3) is 0 Å². The minimum absolute atomic E-state index is 0.269. The lowest BCUT2D eigenvalue weighted by Crippen LogP contribution is -2.12. The summed E-state index contributed by atoms with van der Waals surface area (Å²) in [6, 6.07) is 14.1. The summed E-state index contributed by atoms with van der Waals surface area (Å²) in [5.41, 5.74) is 2.47. The molecule has 0 aliphatic carbocycles. The van der Waals surface area contributed by atoms with E-state index < -0.39 is 5.97 Å². The SMILES string of the molecule is Cc1cccc(/C=C/C(=O)OCC(=O)c2ccc(Cl)cc2)c1. The topological polar surface area (TPSA) is 43.4 Å². The van der Waals surface area contributed by atoms with E-state index >= 15 is 0 Å². The van der Waals surface area contributed by atoms with E-state index in [0.717, 1.165) is 11.1 Å². The third-order valence-corrected chi connectivity index (χ3v) is 3.22. The Labute approximate surface area is 134 Å². The molecular formula is C18H15ClO3. The summed E-state index contributed by atoms with van der Waals surface area (Å²) in [6.45, 7) is 1.68. The van der Waals surface area contributed by atoms with Crippen molar-refractivity contribution in [3.05, 3.63) is 76.3 Å². The lowest BCUT2D eigenvalue weighted by atomic mass is 10.1. The molecule has 0 fully saturated rings. The summed E-state index contributed by atoms with van der Waals surface area (Å²) in [5.74, 6) is -0.821. The zero-order valence-electron chi connectivity index (χ0n) is 12.1. The first-order valence-electron chi connectivity index (χ1n) is 6.75. The van der Waals surface area contributed by atoms with Gasteiger partial charge in [-0.3, -0.25) is 4.79 Å². The zero-order valence-corrected chi connectivity index (χ0v) is 12.8. The molecule has 0 atom stereocenters. The van der Waals surface area contributed by atoms with Crippen LogP contribution in [0, 0.1) is 6.92 Å². The van der Waals surface area contributed by atoms with E-state index in [1.165, 1.54) is 6.08 Å². The Hall–Kier alpha value is -2.39. The maximum absolute atomic E-state index is 11.8. The van der Waals surface area contributed by atoms with Gasteiger partial charge in [-0.2, -0.15) is 0 Å². The van der Waals surface area contributed by atoms with Crippen LogP contribution in [0.3, 0.4) is 0 Å². The molecule has 22 heavy (non-hydrogen) atoms. The molecule has 0 aromatic heterocycles. The molecule has 0 bridgehead atoms. The van der Waals surface area contributed by atoms with Crippen LogP contribution < -0.4 is 0 Å². The maximum atomic E-state index is 11.8. The van der Waals surface area contributed by atoms with Crippen LogP contribution in [0.2, 0.25) is 5.02 Å². The zero-order chi connectivity index (χ0) is 15.9. The van der Waals surface area contributed by atoms with Gasteiger partial charge in [-0.15, -0.1) is 0 Å². The Morgan fingerprint density at radius 1 is 1.14 bits per heavy atom. The van der Waals surface area contributed by atoms with Crippen LogP contribution in [0.5, 0.6) is 0 Å². The Kier molecular flexibility index (Phi) is 5.50. The first kappa shape index (κ1) is 16.0. The number of Topliss-reactive ketones (excluding diaryl/α,β-unsaturated/α-hetero) is 1. The molecule has 0 aliphatic rings. The quantitative estimate of drug-likeness (QED) is 0.474. The molecule has 112 valence electrons. The molecule has 0 saturated carbocycles. The van der Waals surface area contributed by atoms with Crippen molar-refractivity contribution in [3.63, 3.8) is 0 Å². The van der Waals surface area contributed by atoms with E-state index in [2.05, 4.69) is 0 Å². The van der Waals surface area contributed by atoms with Crippen molar-refractivity contribution in [1.82, 2.24) is 0 Å². The molecule has 0 radical (unpaired) electrons. The van der Waals surface area contributed by atoms with Crippen molar-refractivity contribution in [1.29, 1.82) is 0 Å². The monoisotopic (exact) mass is 314 g/mol. The highest BCUT2D eigenvalue weighted by molar-refractivity contribution is 6.30. The number of benzene rings is 2. The van der Waals surface area contributed by atoms with Gasteiger partial charge in [0.05, 0.1) is 0 Å². The van der Waals surface area contributed by atoms with Crippen LogP contribution in [0.25, 0.3) is 6.08 Å². The molecule has 2 rings (SSSR count). The van der Waals surface area contributed by atoms with E-state index in [0.29, 0.717) is 10.6 Å². The van der Waals surface area contributed by atoms with Gasteiger partial charge in [-0.25, -0.2) is 4.79 Å². The lowest BCUT2D eigenvalue weighted by Gasteiger charge is -2.02. The van der Waals surface area contributed by atoms with Gasteiger partial charge in [-0.05, 0) is 42.8 Å². The number of ether oxygens (including phenoxy) is 1.